The van der Waals surface area contributed by atoms with Crippen molar-refractivity contribution in [2.24, 2.45) is 0 Å². The number of aliphatic hydroxyl groups excluding tert-OH is 1. The van der Waals surface area contributed by atoms with Crippen LogP contribution in [0.1, 0.15) is 18.6 Å². The van der Waals surface area contributed by atoms with E-state index in [0.717, 1.165) is 0 Å². The third-order valence-electron chi connectivity index (χ3n) is 2.32. The molecule has 0 bridgehead atoms. The summed E-state index contributed by atoms with van der Waals surface area (Å²) in [4.78, 5) is 11.0. The van der Waals surface area contributed by atoms with Gasteiger partial charge >= 0.3 is 11.9 Å². The first-order valence-corrected chi connectivity index (χ1v) is 5.30. The van der Waals surface area contributed by atoms with Gasteiger partial charge in [-0.25, -0.2) is 4.79 Å². The van der Waals surface area contributed by atoms with Gasteiger partial charge in [0, 0.05) is 0 Å². The number of alkyl halides is 2. The van der Waals surface area contributed by atoms with Gasteiger partial charge in [-0.2, -0.15) is 8.78 Å². The van der Waals surface area contributed by atoms with Crippen LogP contribution in [0.5, 0.6) is 5.75 Å². The summed E-state index contributed by atoms with van der Waals surface area (Å²) in [5.74, 6) is -5.26. The third-order valence-corrected chi connectivity index (χ3v) is 2.32. The molecule has 0 saturated carbocycles. The predicted octanol–water partition coefficient (Wildman–Crippen LogP) is 1.93. The number of esters is 1. The summed E-state index contributed by atoms with van der Waals surface area (Å²) in [6.07, 6.45) is -2.25. The monoisotopic (exact) mass is 260 g/mol. The van der Waals surface area contributed by atoms with E-state index in [-0.39, 0.29) is 12.2 Å². The van der Waals surface area contributed by atoms with Crippen LogP contribution in [0.4, 0.5) is 8.78 Å². The van der Waals surface area contributed by atoms with E-state index in [1.807, 2.05) is 0 Å². The number of rotatable bonds is 5. The molecule has 0 fully saturated rings. The van der Waals surface area contributed by atoms with Crippen molar-refractivity contribution in [1.29, 1.82) is 0 Å². The summed E-state index contributed by atoms with van der Waals surface area (Å²) >= 11 is 0. The zero-order valence-corrected chi connectivity index (χ0v) is 10.0. The van der Waals surface area contributed by atoms with Crippen molar-refractivity contribution in [3.05, 3.63) is 29.8 Å². The van der Waals surface area contributed by atoms with E-state index < -0.39 is 18.0 Å². The summed E-state index contributed by atoms with van der Waals surface area (Å²) in [6, 6.07) is 5.35. The van der Waals surface area contributed by atoms with Crippen molar-refractivity contribution in [2.45, 2.75) is 19.0 Å². The molecule has 4 nitrogen and oxygen atoms in total. The number of hydrogen-bond acceptors (Lipinski definition) is 4. The summed E-state index contributed by atoms with van der Waals surface area (Å²) in [5, 5.41) is 9.52. The fraction of sp³-hybridized carbons (Fsp3) is 0.417. The Labute approximate surface area is 103 Å². The number of benzene rings is 1. The van der Waals surface area contributed by atoms with Crippen molar-refractivity contribution in [1.82, 2.24) is 0 Å². The summed E-state index contributed by atoms with van der Waals surface area (Å²) < 4.78 is 36.1. The lowest BCUT2D eigenvalue weighted by Crippen LogP contribution is -2.37. The maximum Gasteiger partial charge on any atom is 0.380 e. The first kappa shape index (κ1) is 14.4. The van der Waals surface area contributed by atoms with Crippen LogP contribution >= 0.6 is 0 Å². The zero-order valence-electron chi connectivity index (χ0n) is 10.0. The molecule has 0 amide bonds. The first-order valence-electron chi connectivity index (χ1n) is 5.30. The van der Waals surface area contributed by atoms with Crippen LogP contribution in [0.15, 0.2) is 24.3 Å². The van der Waals surface area contributed by atoms with Gasteiger partial charge in [0.25, 0.3) is 0 Å². The van der Waals surface area contributed by atoms with Gasteiger partial charge in [-0.3, -0.25) is 0 Å². The fourth-order valence-electron chi connectivity index (χ4n) is 1.33. The lowest BCUT2D eigenvalue weighted by atomic mass is 10.0. The van der Waals surface area contributed by atoms with E-state index in [2.05, 4.69) is 4.74 Å². The van der Waals surface area contributed by atoms with Crippen LogP contribution in [0.2, 0.25) is 0 Å². The topological polar surface area (TPSA) is 55.8 Å². The number of carbonyl (C=O) groups is 1. The van der Waals surface area contributed by atoms with E-state index >= 15 is 0 Å². The predicted molar refractivity (Wildman–Crippen MR) is 59.5 cm³/mol. The standard InChI is InChI=1S/C12H14F2O4/c1-3-18-11(16)12(13,14)10(15)8-4-6-9(17-2)7-5-8/h4-7,10,15H,3H2,1-2H3/t10-/m1/s1. The van der Waals surface area contributed by atoms with Gasteiger partial charge in [-0.1, -0.05) is 12.1 Å². The molecule has 1 atom stereocenters. The lowest BCUT2D eigenvalue weighted by Gasteiger charge is -2.20. The Morgan fingerprint density at radius 3 is 2.39 bits per heavy atom. The molecule has 1 aromatic rings. The van der Waals surface area contributed by atoms with Crippen LogP contribution in [0, 0.1) is 0 Å². The molecule has 18 heavy (non-hydrogen) atoms. The van der Waals surface area contributed by atoms with Crippen molar-refractivity contribution >= 4 is 5.97 Å². The average Bonchev–Trinajstić information content (AvgIpc) is 2.38. The summed E-state index contributed by atoms with van der Waals surface area (Å²) in [6.45, 7) is 1.23. The van der Waals surface area contributed by atoms with Gasteiger partial charge in [0.2, 0.25) is 0 Å². The second-order valence-electron chi connectivity index (χ2n) is 3.52. The average molecular weight is 260 g/mol. The molecule has 0 unspecified atom stereocenters. The summed E-state index contributed by atoms with van der Waals surface area (Å²) in [7, 11) is 1.43. The Hall–Kier alpha value is -1.69. The van der Waals surface area contributed by atoms with E-state index in [4.69, 9.17) is 4.74 Å². The molecule has 0 radical (unpaired) electrons. The number of hydrogen-bond donors (Lipinski definition) is 1. The van der Waals surface area contributed by atoms with Crippen molar-refractivity contribution in [3.8, 4) is 5.75 Å². The Bertz CT molecular complexity index is 403. The summed E-state index contributed by atoms with van der Waals surface area (Å²) in [5.41, 5.74) is -0.0890. The molecule has 1 aromatic carbocycles. The first-order chi connectivity index (χ1) is 8.43. The van der Waals surface area contributed by atoms with Gasteiger partial charge < -0.3 is 14.6 Å². The SMILES string of the molecule is CCOC(=O)C(F)(F)[C@H](O)c1ccc(OC)cc1. The lowest BCUT2D eigenvalue weighted by molar-refractivity contribution is -0.189. The Kier molecular flexibility index (Phi) is 4.61. The van der Waals surface area contributed by atoms with Crippen molar-refractivity contribution < 1.29 is 28.2 Å². The van der Waals surface area contributed by atoms with E-state index in [9.17, 15) is 18.7 Å². The molecule has 0 aliphatic rings. The van der Waals surface area contributed by atoms with Crippen LogP contribution in [0.3, 0.4) is 0 Å². The molecule has 0 aliphatic heterocycles. The molecule has 0 saturated heterocycles. The third kappa shape index (κ3) is 2.95. The molecule has 0 heterocycles. The minimum atomic E-state index is -3.98. The minimum Gasteiger partial charge on any atom is -0.497 e. The normalized spacial score (nSPS) is 12.9. The molecule has 0 aliphatic carbocycles. The second-order valence-corrected chi connectivity index (χ2v) is 3.52. The highest BCUT2D eigenvalue weighted by Crippen LogP contribution is 2.33. The minimum absolute atomic E-state index is 0.0890. The van der Waals surface area contributed by atoms with Crippen LogP contribution < -0.4 is 4.74 Å². The number of halogens is 2. The molecule has 100 valence electrons. The van der Waals surface area contributed by atoms with E-state index in [0.29, 0.717) is 5.75 Å². The van der Waals surface area contributed by atoms with Crippen molar-refractivity contribution in [2.75, 3.05) is 13.7 Å². The van der Waals surface area contributed by atoms with Crippen LogP contribution in [-0.2, 0) is 9.53 Å². The molecular formula is C12H14F2O4. The fourth-order valence-corrected chi connectivity index (χ4v) is 1.33. The largest absolute Gasteiger partial charge is 0.497 e. The maximum atomic E-state index is 13.5. The van der Waals surface area contributed by atoms with Crippen LogP contribution in [0.25, 0.3) is 0 Å². The van der Waals surface area contributed by atoms with Gasteiger partial charge in [0.15, 0.2) is 6.10 Å². The smallest absolute Gasteiger partial charge is 0.380 e. The highest BCUT2D eigenvalue weighted by atomic mass is 19.3. The number of carbonyl (C=O) groups excluding carboxylic acids is 1. The molecular weight excluding hydrogens is 246 g/mol. The molecule has 0 aromatic heterocycles. The maximum absolute atomic E-state index is 13.5. The van der Waals surface area contributed by atoms with E-state index in [1.54, 1.807) is 0 Å². The Morgan fingerprint density at radius 2 is 1.94 bits per heavy atom. The van der Waals surface area contributed by atoms with Gasteiger partial charge in [0.05, 0.1) is 13.7 Å². The number of methoxy groups -OCH3 is 1. The Morgan fingerprint density at radius 1 is 1.39 bits per heavy atom. The highest BCUT2D eigenvalue weighted by Gasteiger charge is 2.48. The molecule has 0 spiro atoms. The van der Waals surface area contributed by atoms with Crippen molar-refractivity contribution in [3.63, 3.8) is 0 Å². The zero-order chi connectivity index (χ0) is 13.8. The van der Waals surface area contributed by atoms with Gasteiger partial charge in [-0.15, -0.1) is 0 Å². The molecule has 6 heteroatoms. The van der Waals surface area contributed by atoms with Crippen LogP contribution in [-0.4, -0.2) is 30.7 Å². The van der Waals surface area contributed by atoms with Gasteiger partial charge in [-0.05, 0) is 24.6 Å². The Balaban J connectivity index is 2.90. The molecule has 1 N–H and O–H groups in total. The second kappa shape index (κ2) is 5.77. The highest BCUT2D eigenvalue weighted by molar-refractivity contribution is 5.78. The number of ether oxygens (including phenoxy) is 2. The number of aliphatic hydroxyl groups is 1. The molecule has 1 rings (SSSR count). The van der Waals surface area contributed by atoms with E-state index in [1.165, 1.54) is 38.3 Å². The quantitative estimate of drug-likeness (QED) is 0.822. The van der Waals surface area contributed by atoms with Gasteiger partial charge in [0.1, 0.15) is 5.75 Å².